The molecule has 0 aliphatic carbocycles. The van der Waals surface area contributed by atoms with Crippen LogP contribution < -0.4 is 10.5 Å². The molecule has 0 heterocycles. The summed E-state index contributed by atoms with van der Waals surface area (Å²) in [5, 5.41) is 0. The summed E-state index contributed by atoms with van der Waals surface area (Å²) in [6.07, 6.45) is 0. The molecule has 0 aliphatic rings. The zero-order valence-corrected chi connectivity index (χ0v) is 14.2. The summed E-state index contributed by atoms with van der Waals surface area (Å²) in [4.78, 5) is 0.135. The summed E-state index contributed by atoms with van der Waals surface area (Å²) >= 11 is 3.24. The molecular formula is C15H17BrN2O2S. The highest BCUT2D eigenvalue weighted by Gasteiger charge is 2.15. The van der Waals surface area contributed by atoms with Crippen LogP contribution in [0.4, 0.5) is 11.4 Å². The SMILES string of the molecule is CC(C)c1ccc(NS(=O)(=O)c2ccc(Br)c(N)c2)cc1. The first-order valence-corrected chi connectivity index (χ1v) is 8.75. The summed E-state index contributed by atoms with van der Waals surface area (Å²) in [6.45, 7) is 4.17. The van der Waals surface area contributed by atoms with Gasteiger partial charge in [-0.15, -0.1) is 0 Å². The number of rotatable bonds is 4. The molecule has 3 N–H and O–H groups in total. The fourth-order valence-electron chi connectivity index (χ4n) is 1.84. The van der Waals surface area contributed by atoms with Gasteiger partial charge in [0, 0.05) is 15.8 Å². The Bertz CT molecular complexity index is 741. The van der Waals surface area contributed by atoms with E-state index in [1.807, 2.05) is 12.1 Å². The van der Waals surface area contributed by atoms with Crippen LogP contribution in [-0.2, 0) is 10.0 Å². The van der Waals surface area contributed by atoms with Crippen LogP contribution in [0, 0.1) is 0 Å². The number of nitrogen functional groups attached to an aromatic ring is 1. The molecule has 0 fully saturated rings. The second-order valence-electron chi connectivity index (χ2n) is 5.07. The quantitative estimate of drug-likeness (QED) is 0.802. The fraction of sp³-hybridized carbons (Fsp3) is 0.200. The highest BCUT2D eigenvalue weighted by atomic mass is 79.9. The molecule has 0 radical (unpaired) electrons. The normalized spacial score (nSPS) is 11.6. The van der Waals surface area contributed by atoms with Crippen molar-refractivity contribution in [2.45, 2.75) is 24.7 Å². The lowest BCUT2D eigenvalue weighted by molar-refractivity contribution is 0.601. The lowest BCUT2D eigenvalue weighted by Crippen LogP contribution is -2.13. The third kappa shape index (κ3) is 3.77. The van der Waals surface area contributed by atoms with E-state index in [-0.39, 0.29) is 4.90 Å². The zero-order valence-electron chi connectivity index (χ0n) is 11.8. The summed E-state index contributed by atoms with van der Waals surface area (Å²) < 4.78 is 27.8. The maximum absolute atomic E-state index is 12.3. The molecule has 0 aromatic heterocycles. The Hall–Kier alpha value is -1.53. The van der Waals surface area contributed by atoms with E-state index in [1.165, 1.54) is 12.1 Å². The molecule has 2 aromatic carbocycles. The second kappa shape index (κ2) is 6.07. The molecule has 0 bridgehead atoms. The van der Waals surface area contributed by atoms with Gasteiger partial charge in [0.05, 0.1) is 4.90 Å². The minimum atomic E-state index is -3.64. The van der Waals surface area contributed by atoms with Gasteiger partial charge in [-0.25, -0.2) is 8.42 Å². The van der Waals surface area contributed by atoms with Gasteiger partial charge in [0.1, 0.15) is 0 Å². The average molecular weight is 369 g/mol. The van der Waals surface area contributed by atoms with Gasteiger partial charge < -0.3 is 5.73 Å². The third-order valence-corrected chi connectivity index (χ3v) is 5.21. The van der Waals surface area contributed by atoms with Crippen molar-refractivity contribution in [3.05, 3.63) is 52.5 Å². The smallest absolute Gasteiger partial charge is 0.261 e. The summed E-state index contributed by atoms with van der Waals surface area (Å²) in [5.41, 5.74) is 7.79. The van der Waals surface area contributed by atoms with Crippen molar-refractivity contribution in [2.24, 2.45) is 0 Å². The number of benzene rings is 2. The summed E-state index contributed by atoms with van der Waals surface area (Å²) in [5.74, 6) is 0.405. The van der Waals surface area contributed by atoms with E-state index >= 15 is 0 Å². The van der Waals surface area contributed by atoms with Crippen molar-refractivity contribution >= 4 is 37.3 Å². The van der Waals surface area contributed by atoms with Crippen LogP contribution in [0.25, 0.3) is 0 Å². The average Bonchev–Trinajstić information content (AvgIpc) is 2.42. The Morgan fingerprint density at radius 2 is 1.71 bits per heavy atom. The number of hydrogen-bond donors (Lipinski definition) is 2. The Kier molecular flexibility index (Phi) is 4.58. The Morgan fingerprint density at radius 1 is 1.10 bits per heavy atom. The Morgan fingerprint density at radius 3 is 2.24 bits per heavy atom. The molecule has 0 aliphatic heterocycles. The standard InChI is InChI=1S/C15H17BrN2O2S/c1-10(2)11-3-5-12(6-4-11)18-21(19,20)13-7-8-14(16)15(17)9-13/h3-10,18H,17H2,1-2H3. The molecule has 0 unspecified atom stereocenters. The lowest BCUT2D eigenvalue weighted by Gasteiger charge is -2.11. The van der Waals surface area contributed by atoms with Crippen LogP contribution in [-0.4, -0.2) is 8.42 Å². The van der Waals surface area contributed by atoms with Gasteiger partial charge in [-0.05, 0) is 57.7 Å². The van der Waals surface area contributed by atoms with Gasteiger partial charge in [-0.2, -0.15) is 0 Å². The van der Waals surface area contributed by atoms with Crippen molar-refractivity contribution in [3.63, 3.8) is 0 Å². The molecule has 2 rings (SSSR count). The molecular weight excluding hydrogens is 352 g/mol. The van der Waals surface area contributed by atoms with Crippen LogP contribution in [0.15, 0.2) is 51.8 Å². The molecule has 21 heavy (non-hydrogen) atoms. The van der Waals surface area contributed by atoms with Gasteiger partial charge in [-0.3, -0.25) is 4.72 Å². The van der Waals surface area contributed by atoms with E-state index in [1.54, 1.807) is 18.2 Å². The number of nitrogens with two attached hydrogens (primary N) is 1. The van der Waals surface area contributed by atoms with E-state index in [0.717, 1.165) is 5.56 Å². The van der Waals surface area contributed by atoms with Gasteiger partial charge in [0.25, 0.3) is 10.0 Å². The second-order valence-corrected chi connectivity index (χ2v) is 7.60. The van der Waals surface area contributed by atoms with Gasteiger partial charge >= 0.3 is 0 Å². The van der Waals surface area contributed by atoms with Crippen molar-refractivity contribution in [2.75, 3.05) is 10.5 Å². The molecule has 0 spiro atoms. The van der Waals surface area contributed by atoms with Crippen LogP contribution in [0.3, 0.4) is 0 Å². The highest BCUT2D eigenvalue weighted by Crippen LogP contribution is 2.25. The number of hydrogen-bond acceptors (Lipinski definition) is 3. The van der Waals surface area contributed by atoms with Crippen molar-refractivity contribution in [3.8, 4) is 0 Å². The Balaban J connectivity index is 2.26. The third-order valence-electron chi connectivity index (χ3n) is 3.11. The lowest BCUT2D eigenvalue weighted by atomic mass is 10.0. The first kappa shape index (κ1) is 15.9. The first-order valence-electron chi connectivity index (χ1n) is 6.47. The fourth-order valence-corrected chi connectivity index (χ4v) is 3.18. The van der Waals surface area contributed by atoms with E-state index in [2.05, 4.69) is 34.5 Å². The highest BCUT2D eigenvalue weighted by molar-refractivity contribution is 9.10. The molecule has 4 nitrogen and oxygen atoms in total. The van der Waals surface area contributed by atoms with Crippen LogP contribution in [0.1, 0.15) is 25.3 Å². The zero-order chi connectivity index (χ0) is 15.6. The summed E-state index contributed by atoms with van der Waals surface area (Å²) in [6, 6.07) is 11.9. The van der Waals surface area contributed by atoms with Crippen molar-refractivity contribution in [1.82, 2.24) is 0 Å². The van der Waals surface area contributed by atoms with E-state index in [0.29, 0.717) is 21.8 Å². The van der Waals surface area contributed by atoms with Gasteiger partial charge in [-0.1, -0.05) is 26.0 Å². The topological polar surface area (TPSA) is 72.2 Å². The first-order chi connectivity index (χ1) is 9.79. The summed E-state index contributed by atoms with van der Waals surface area (Å²) in [7, 11) is -3.64. The van der Waals surface area contributed by atoms with Crippen LogP contribution in [0.5, 0.6) is 0 Å². The predicted octanol–water partition coefficient (Wildman–Crippen LogP) is 3.96. The molecule has 0 saturated heterocycles. The maximum atomic E-state index is 12.3. The molecule has 0 atom stereocenters. The molecule has 2 aromatic rings. The van der Waals surface area contributed by atoms with Crippen molar-refractivity contribution in [1.29, 1.82) is 0 Å². The van der Waals surface area contributed by atoms with E-state index in [9.17, 15) is 8.42 Å². The minimum Gasteiger partial charge on any atom is -0.398 e. The van der Waals surface area contributed by atoms with E-state index < -0.39 is 10.0 Å². The minimum absolute atomic E-state index is 0.135. The van der Waals surface area contributed by atoms with Gasteiger partial charge in [0.15, 0.2) is 0 Å². The van der Waals surface area contributed by atoms with Crippen LogP contribution >= 0.6 is 15.9 Å². The van der Waals surface area contributed by atoms with Crippen LogP contribution in [0.2, 0.25) is 0 Å². The Labute approximate surface area is 133 Å². The largest absolute Gasteiger partial charge is 0.398 e. The molecule has 6 heteroatoms. The number of anilines is 2. The van der Waals surface area contributed by atoms with Crippen molar-refractivity contribution < 1.29 is 8.42 Å². The maximum Gasteiger partial charge on any atom is 0.261 e. The number of sulfonamides is 1. The van der Waals surface area contributed by atoms with E-state index in [4.69, 9.17) is 5.73 Å². The van der Waals surface area contributed by atoms with Gasteiger partial charge in [0.2, 0.25) is 0 Å². The monoisotopic (exact) mass is 368 g/mol. The predicted molar refractivity (Wildman–Crippen MR) is 89.9 cm³/mol. The number of nitrogens with one attached hydrogen (secondary N) is 1. The number of halogens is 1. The molecule has 0 amide bonds. The molecule has 0 saturated carbocycles. The molecule has 112 valence electrons.